The Bertz CT molecular complexity index is 862. The summed E-state index contributed by atoms with van der Waals surface area (Å²) in [5, 5.41) is 6.24. The Labute approximate surface area is 159 Å². The number of methoxy groups -OCH3 is 1. The average molecular weight is 361 g/mol. The Morgan fingerprint density at radius 1 is 1.04 bits per heavy atom. The van der Waals surface area contributed by atoms with Gasteiger partial charge in [-0.15, -0.1) is 0 Å². The lowest BCUT2D eigenvalue weighted by atomic mass is 10.1. The number of nitrogens with zero attached hydrogens (tertiary/aromatic N) is 1. The van der Waals surface area contributed by atoms with E-state index >= 15 is 0 Å². The summed E-state index contributed by atoms with van der Waals surface area (Å²) in [6, 6.07) is 21.5. The number of benzene rings is 2. The molecule has 0 bridgehead atoms. The molecule has 1 heterocycles. The second-order valence-corrected chi connectivity index (χ2v) is 6.24. The van der Waals surface area contributed by atoms with E-state index < -0.39 is 0 Å². The number of nitrogens with one attached hydrogen (secondary N) is 2. The van der Waals surface area contributed by atoms with Gasteiger partial charge in [-0.2, -0.15) is 0 Å². The quantitative estimate of drug-likeness (QED) is 0.662. The second-order valence-electron chi connectivity index (χ2n) is 6.24. The average Bonchev–Trinajstić information content (AvgIpc) is 2.73. The monoisotopic (exact) mass is 361 g/mol. The highest BCUT2D eigenvalue weighted by atomic mass is 16.5. The van der Waals surface area contributed by atoms with Crippen LogP contribution < -0.4 is 15.4 Å². The smallest absolute Gasteiger partial charge is 0.253 e. The molecule has 0 saturated carbocycles. The van der Waals surface area contributed by atoms with Crippen LogP contribution in [0.1, 0.15) is 34.5 Å². The summed E-state index contributed by atoms with van der Waals surface area (Å²) < 4.78 is 5.13. The van der Waals surface area contributed by atoms with Crippen molar-refractivity contribution in [3.63, 3.8) is 0 Å². The van der Waals surface area contributed by atoms with Crippen LogP contribution in [0.2, 0.25) is 0 Å². The molecule has 0 saturated heterocycles. The Kier molecular flexibility index (Phi) is 6.05. The number of carbonyl (C=O) groups is 1. The van der Waals surface area contributed by atoms with E-state index in [1.807, 2.05) is 48.5 Å². The molecule has 1 amide bonds. The number of hydrogen-bond acceptors (Lipinski definition) is 4. The number of hydrogen-bond donors (Lipinski definition) is 2. The van der Waals surface area contributed by atoms with Crippen LogP contribution in [-0.4, -0.2) is 18.0 Å². The number of rotatable bonds is 7. The van der Waals surface area contributed by atoms with Gasteiger partial charge in [-0.25, -0.2) is 4.98 Å². The topological polar surface area (TPSA) is 63.2 Å². The van der Waals surface area contributed by atoms with Gasteiger partial charge in [0.05, 0.1) is 12.7 Å². The molecule has 3 rings (SSSR count). The van der Waals surface area contributed by atoms with E-state index in [1.165, 1.54) is 5.56 Å². The van der Waals surface area contributed by atoms with E-state index in [1.54, 1.807) is 19.4 Å². The minimum atomic E-state index is -0.152. The van der Waals surface area contributed by atoms with Crippen LogP contribution in [0.5, 0.6) is 5.75 Å². The summed E-state index contributed by atoms with van der Waals surface area (Å²) in [6.07, 6.45) is 1.59. The third kappa shape index (κ3) is 5.07. The molecule has 0 aliphatic heterocycles. The molecule has 1 unspecified atom stereocenters. The van der Waals surface area contributed by atoms with E-state index in [4.69, 9.17) is 4.74 Å². The standard InChI is InChI=1S/C22H23N3O2/c1-16(18-6-4-3-5-7-18)25-21-13-10-19(15-23-21)22(26)24-14-17-8-11-20(27-2)12-9-17/h3-13,15-16H,14H2,1-2H3,(H,23,25)(H,24,26). The first-order valence-electron chi connectivity index (χ1n) is 8.84. The minimum Gasteiger partial charge on any atom is -0.497 e. The molecule has 0 aliphatic rings. The number of ether oxygens (including phenoxy) is 1. The highest BCUT2D eigenvalue weighted by molar-refractivity contribution is 5.94. The first kappa shape index (κ1) is 18.5. The molecule has 27 heavy (non-hydrogen) atoms. The predicted octanol–water partition coefficient (Wildman–Crippen LogP) is 4.19. The third-order valence-corrected chi connectivity index (χ3v) is 4.30. The van der Waals surface area contributed by atoms with Crippen LogP contribution in [0.4, 0.5) is 5.82 Å². The highest BCUT2D eigenvalue weighted by Gasteiger charge is 2.08. The Balaban J connectivity index is 1.55. The number of aromatic nitrogens is 1. The number of amides is 1. The van der Waals surface area contributed by atoms with Crippen molar-refractivity contribution >= 4 is 11.7 Å². The zero-order valence-electron chi connectivity index (χ0n) is 15.5. The van der Waals surface area contributed by atoms with Crippen LogP contribution in [0.3, 0.4) is 0 Å². The van der Waals surface area contributed by atoms with Gasteiger partial charge in [0.2, 0.25) is 0 Å². The SMILES string of the molecule is COc1ccc(CNC(=O)c2ccc(NC(C)c3ccccc3)nc2)cc1. The van der Waals surface area contributed by atoms with Crippen molar-refractivity contribution in [1.29, 1.82) is 0 Å². The maximum absolute atomic E-state index is 12.3. The molecule has 0 fully saturated rings. The first-order valence-corrected chi connectivity index (χ1v) is 8.84. The predicted molar refractivity (Wildman–Crippen MR) is 107 cm³/mol. The summed E-state index contributed by atoms with van der Waals surface area (Å²) >= 11 is 0. The summed E-state index contributed by atoms with van der Waals surface area (Å²) in [4.78, 5) is 16.7. The largest absolute Gasteiger partial charge is 0.497 e. The Morgan fingerprint density at radius 3 is 2.41 bits per heavy atom. The summed E-state index contributed by atoms with van der Waals surface area (Å²) in [6.45, 7) is 2.53. The van der Waals surface area contributed by atoms with Crippen molar-refractivity contribution in [2.45, 2.75) is 19.5 Å². The van der Waals surface area contributed by atoms with Crippen molar-refractivity contribution in [3.05, 3.63) is 89.6 Å². The molecule has 0 spiro atoms. The Hall–Kier alpha value is -3.34. The van der Waals surface area contributed by atoms with Crippen LogP contribution in [-0.2, 0) is 6.54 Å². The van der Waals surface area contributed by atoms with Crippen molar-refractivity contribution in [2.24, 2.45) is 0 Å². The van der Waals surface area contributed by atoms with Crippen LogP contribution in [0.25, 0.3) is 0 Å². The molecule has 1 aromatic heterocycles. The van der Waals surface area contributed by atoms with Crippen molar-refractivity contribution < 1.29 is 9.53 Å². The number of pyridine rings is 1. The zero-order chi connectivity index (χ0) is 19.1. The van der Waals surface area contributed by atoms with E-state index in [2.05, 4.69) is 34.7 Å². The van der Waals surface area contributed by atoms with Crippen molar-refractivity contribution in [2.75, 3.05) is 12.4 Å². The summed E-state index contributed by atoms with van der Waals surface area (Å²) in [7, 11) is 1.63. The molecule has 1 atom stereocenters. The van der Waals surface area contributed by atoms with Gasteiger partial charge >= 0.3 is 0 Å². The van der Waals surface area contributed by atoms with Crippen LogP contribution >= 0.6 is 0 Å². The number of anilines is 1. The molecular formula is C22H23N3O2. The summed E-state index contributed by atoms with van der Waals surface area (Å²) in [5.41, 5.74) is 2.72. The number of carbonyl (C=O) groups excluding carboxylic acids is 1. The van der Waals surface area contributed by atoms with Crippen LogP contribution in [0.15, 0.2) is 72.9 Å². The molecular weight excluding hydrogens is 338 g/mol. The van der Waals surface area contributed by atoms with E-state index in [0.717, 1.165) is 17.1 Å². The lowest BCUT2D eigenvalue weighted by Crippen LogP contribution is -2.23. The fourth-order valence-electron chi connectivity index (χ4n) is 2.69. The molecule has 3 aromatic rings. The molecule has 2 N–H and O–H groups in total. The van der Waals surface area contributed by atoms with E-state index in [0.29, 0.717) is 12.1 Å². The maximum atomic E-state index is 12.3. The van der Waals surface area contributed by atoms with Gasteiger partial charge in [0.15, 0.2) is 0 Å². The van der Waals surface area contributed by atoms with Crippen LogP contribution in [0, 0.1) is 0 Å². The lowest BCUT2D eigenvalue weighted by molar-refractivity contribution is 0.0950. The summed E-state index contributed by atoms with van der Waals surface area (Å²) in [5.74, 6) is 1.38. The van der Waals surface area contributed by atoms with E-state index in [-0.39, 0.29) is 11.9 Å². The maximum Gasteiger partial charge on any atom is 0.253 e. The van der Waals surface area contributed by atoms with Crippen molar-refractivity contribution in [1.82, 2.24) is 10.3 Å². The van der Waals surface area contributed by atoms with Gasteiger partial charge < -0.3 is 15.4 Å². The third-order valence-electron chi connectivity index (χ3n) is 4.30. The van der Waals surface area contributed by atoms with Gasteiger partial charge in [-0.3, -0.25) is 4.79 Å². The molecule has 0 radical (unpaired) electrons. The van der Waals surface area contributed by atoms with Gasteiger partial charge in [-0.1, -0.05) is 42.5 Å². The zero-order valence-corrected chi connectivity index (χ0v) is 15.5. The van der Waals surface area contributed by atoms with Gasteiger partial charge in [0, 0.05) is 18.8 Å². The van der Waals surface area contributed by atoms with Gasteiger partial charge in [0.25, 0.3) is 5.91 Å². The molecule has 5 heteroatoms. The second kappa shape index (κ2) is 8.85. The minimum absolute atomic E-state index is 0.133. The molecule has 2 aromatic carbocycles. The van der Waals surface area contributed by atoms with Crippen molar-refractivity contribution in [3.8, 4) is 5.75 Å². The van der Waals surface area contributed by atoms with Gasteiger partial charge in [0.1, 0.15) is 11.6 Å². The van der Waals surface area contributed by atoms with Gasteiger partial charge in [-0.05, 0) is 42.3 Å². The molecule has 0 aliphatic carbocycles. The lowest BCUT2D eigenvalue weighted by Gasteiger charge is -2.15. The molecule has 5 nitrogen and oxygen atoms in total. The first-order chi connectivity index (χ1) is 13.2. The fraction of sp³-hybridized carbons (Fsp3) is 0.182. The normalized spacial score (nSPS) is 11.5. The highest BCUT2D eigenvalue weighted by Crippen LogP contribution is 2.17. The molecule has 138 valence electrons. The van der Waals surface area contributed by atoms with E-state index in [9.17, 15) is 4.79 Å². The Morgan fingerprint density at radius 2 is 1.78 bits per heavy atom. The fourth-order valence-corrected chi connectivity index (χ4v) is 2.69.